The molecule has 9 heteroatoms. The maximum atomic E-state index is 13.7. The van der Waals surface area contributed by atoms with Gasteiger partial charge in [0.2, 0.25) is 0 Å². The van der Waals surface area contributed by atoms with E-state index in [1.165, 1.54) is 54.7 Å². The number of nitro groups is 1. The predicted molar refractivity (Wildman–Crippen MR) is 98.4 cm³/mol. The number of hydrogen-bond donors (Lipinski definition) is 1. The Balaban J connectivity index is 1.77. The summed E-state index contributed by atoms with van der Waals surface area (Å²) in [5.74, 6) is -1.42. The second-order valence-corrected chi connectivity index (χ2v) is 5.69. The average Bonchev–Trinajstić information content (AvgIpc) is 2.69. The Bertz CT molecular complexity index is 1100. The summed E-state index contributed by atoms with van der Waals surface area (Å²) in [4.78, 5) is 40.4. The van der Waals surface area contributed by atoms with Crippen LogP contribution in [0, 0.1) is 15.9 Å². The van der Waals surface area contributed by atoms with Gasteiger partial charge in [-0.05, 0) is 29.8 Å². The molecular formula is C19H14FN3O5. The quantitative estimate of drug-likeness (QED) is 0.521. The second kappa shape index (κ2) is 8.12. The van der Waals surface area contributed by atoms with Crippen LogP contribution in [0.15, 0.2) is 71.7 Å². The van der Waals surface area contributed by atoms with Gasteiger partial charge in [-0.1, -0.05) is 24.3 Å². The van der Waals surface area contributed by atoms with Crippen molar-refractivity contribution in [3.63, 3.8) is 0 Å². The van der Waals surface area contributed by atoms with E-state index in [2.05, 4.69) is 5.32 Å². The summed E-state index contributed by atoms with van der Waals surface area (Å²) in [5.41, 5.74) is -0.680. The van der Waals surface area contributed by atoms with Gasteiger partial charge in [0.05, 0.1) is 10.6 Å². The Morgan fingerprint density at radius 3 is 2.68 bits per heavy atom. The number of nitrogens with one attached hydrogen (secondary N) is 1. The standard InChI is InChI=1S/C19H14FN3O5/c20-16-8-1-2-9-17(16)21-18(24)15-7-4-10-22(19(15)25)28-12-13-5-3-6-14(11-13)23(26)27/h1-11H,12H2,(H,21,24). The molecule has 0 atom stereocenters. The number of non-ortho nitro benzene ring substituents is 1. The number of nitro benzene ring substituents is 1. The number of hydrogen-bond acceptors (Lipinski definition) is 5. The summed E-state index contributed by atoms with van der Waals surface area (Å²) < 4.78 is 14.5. The molecule has 1 aromatic heterocycles. The Kier molecular flexibility index (Phi) is 5.45. The van der Waals surface area contributed by atoms with Crippen molar-refractivity contribution < 1.29 is 18.9 Å². The maximum Gasteiger partial charge on any atom is 0.295 e. The van der Waals surface area contributed by atoms with Gasteiger partial charge in [-0.25, -0.2) is 4.39 Å². The van der Waals surface area contributed by atoms with E-state index in [-0.39, 0.29) is 23.5 Å². The monoisotopic (exact) mass is 383 g/mol. The van der Waals surface area contributed by atoms with Gasteiger partial charge >= 0.3 is 0 Å². The van der Waals surface area contributed by atoms with Crippen LogP contribution in [0.4, 0.5) is 15.8 Å². The van der Waals surface area contributed by atoms with Crippen LogP contribution < -0.4 is 15.7 Å². The molecule has 0 unspecified atom stereocenters. The van der Waals surface area contributed by atoms with Crippen LogP contribution in [0.3, 0.4) is 0 Å². The number of halogens is 1. The van der Waals surface area contributed by atoms with Crippen molar-refractivity contribution in [2.75, 3.05) is 5.32 Å². The van der Waals surface area contributed by atoms with E-state index in [9.17, 15) is 24.1 Å². The number of nitrogens with zero attached hydrogens (tertiary/aromatic N) is 2. The zero-order chi connectivity index (χ0) is 20.1. The van der Waals surface area contributed by atoms with Crippen LogP contribution in [0.5, 0.6) is 0 Å². The molecule has 3 aromatic rings. The summed E-state index contributed by atoms with van der Waals surface area (Å²) in [7, 11) is 0. The van der Waals surface area contributed by atoms with Crippen LogP contribution in [-0.4, -0.2) is 15.6 Å². The van der Waals surface area contributed by atoms with E-state index in [1.807, 2.05) is 0 Å². The fourth-order valence-corrected chi connectivity index (χ4v) is 2.41. The first-order valence-corrected chi connectivity index (χ1v) is 8.10. The summed E-state index contributed by atoms with van der Waals surface area (Å²) >= 11 is 0. The fraction of sp³-hybridized carbons (Fsp3) is 0.0526. The molecule has 0 saturated heterocycles. The Hall–Kier alpha value is -4.01. The van der Waals surface area contributed by atoms with Gasteiger partial charge in [0, 0.05) is 18.3 Å². The number of rotatable bonds is 6. The third-order valence-electron chi connectivity index (χ3n) is 3.77. The number of aromatic nitrogens is 1. The number of carbonyl (C=O) groups excluding carboxylic acids is 1. The third kappa shape index (κ3) is 4.21. The van der Waals surface area contributed by atoms with Crippen LogP contribution in [0.1, 0.15) is 15.9 Å². The predicted octanol–water partition coefficient (Wildman–Crippen LogP) is 2.78. The molecule has 1 N–H and O–H groups in total. The minimum atomic E-state index is -0.789. The lowest BCUT2D eigenvalue weighted by Gasteiger charge is -2.10. The number of para-hydroxylation sites is 1. The Morgan fingerprint density at radius 1 is 1.14 bits per heavy atom. The number of carbonyl (C=O) groups is 1. The van der Waals surface area contributed by atoms with Crippen molar-refractivity contribution in [1.82, 2.24) is 4.73 Å². The molecule has 0 saturated carbocycles. The van der Waals surface area contributed by atoms with E-state index >= 15 is 0 Å². The summed E-state index contributed by atoms with van der Waals surface area (Å²) in [5, 5.41) is 13.1. The second-order valence-electron chi connectivity index (χ2n) is 5.69. The van der Waals surface area contributed by atoms with E-state index < -0.39 is 22.2 Å². The first kappa shape index (κ1) is 18.8. The first-order chi connectivity index (χ1) is 13.5. The molecule has 0 aliphatic heterocycles. The zero-order valence-corrected chi connectivity index (χ0v) is 14.4. The Morgan fingerprint density at radius 2 is 1.93 bits per heavy atom. The highest BCUT2D eigenvalue weighted by molar-refractivity contribution is 6.04. The highest BCUT2D eigenvalue weighted by Gasteiger charge is 2.15. The molecule has 0 fully saturated rings. The van der Waals surface area contributed by atoms with Crippen molar-refractivity contribution >= 4 is 17.3 Å². The van der Waals surface area contributed by atoms with Gasteiger partial charge in [0.15, 0.2) is 0 Å². The van der Waals surface area contributed by atoms with Gasteiger partial charge < -0.3 is 10.2 Å². The minimum Gasteiger partial charge on any atom is -0.406 e. The minimum absolute atomic E-state index is 0.0557. The lowest BCUT2D eigenvalue weighted by atomic mass is 10.2. The van der Waals surface area contributed by atoms with Crippen LogP contribution in [0.25, 0.3) is 0 Å². The fourth-order valence-electron chi connectivity index (χ4n) is 2.41. The Labute approximate surface area is 157 Å². The number of anilines is 1. The smallest absolute Gasteiger partial charge is 0.295 e. The van der Waals surface area contributed by atoms with Gasteiger partial charge in [0.25, 0.3) is 17.2 Å². The number of benzene rings is 2. The van der Waals surface area contributed by atoms with E-state index in [0.29, 0.717) is 5.56 Å². The molecule has 0 radical (unpaired) electrons. The molecule has 0 spiro atoms. The molecule has 3 rings (SSSR count). The van der Waals surface area contributed by atoms with Crippen molar-refractivity contribution in [3.05, 3.63) is 104 Å². The molecule has 1 amide bonds. The molecule has 1 heterocycles. The van der Waals surface area contributed by atoms with Crippen LogP contribution in [-0.2, 0) is 6.61 Å². The average molecular weight is 383 g/mol. The lowest BCUT2D eigenvalue weighted by molar-refractivity contribution is -0.384. The van der Waals surface area contributed by atoms with Crippen LogP contribution in [0.2, 0.25) is 0 Å². The molecule has 8 nitrogen and oxygen atoms in total. The van der Waals surface area contributed by atoms with Crippen molar-refractivity contribution in [3.8, 4) is 0 Å². The molecule has 0 aliphatic carbocycles. The highest BCUT2D eigenvalue weighted by Crippen LogP contribution is 2.14. The zero-order valence-electron chi connectivity index (χ0n) is 14.4. The van der Waals surface area contributed by atoms with E-state index in [0.717, 1.165) is 4.73 Å². The molecule has 142 valence electrons. The van der Waals surface area contributed by atoms with Gasteiger partial charge in [0.1, 0.15) is 18.0 Å². The SMILES string of the molecule is O=C(Nc1ccccc1F)c1cccn(OCc2cccc([N+](=O)[O-])c2)c1=O. The van der Waals surface area contributed by atoms with Gasteiger partial charge in [-0.3, -0.25) is 19.7 Å². The summed E-state index contributed by atoms with van der Waals surface area (Å²) in [6.07, 6.45) is 1.31. The topological polar surface area (TPSA) is 103 Å². The summed E-state index contributed by atoms with van der Waals surface area (Å²) in [6, 6.07) is 14.0. The number of amides is 1. The largest absolute Gasteiger partial charge is 0.406 e. The van der Waals surface area contributed by atoms with Crippen LogP contribution >= 0.6 is 0 Å². The van der Waals surface area contributed by atoms with E-state index in [1.54, 1.807) is 12.1 Å². The molecular weight excluding hydrogens is 369 g/mol. The van der Waals surface area contributed by atoms with Crippen molar-refractivity contribution in [2.45, 2.75) is 6.61 Å². The molecule has 0 bridgehead atoms. The maximum absolute atomic E-state index is 13.7. The highest BCUT2D eigenvalue weighted by atomic mass is 19.1. The molecule has 0 aliphatic rings. The van der Waals surface area contributed by atoms with Gasteiger partial charge in [-0.15, -0.1) is 0 Å². The molecule has 28 heavy (non-hydrogen) atoms. The first-order valence-electron chi connectivity index (χ1n) is 8.10. The molecule has 2 aromatic carbocycles. The normalized spacial score (nSPS) is 10.3. The third-order valence-corrected chi connectivity index (χ3v) is 3.77. The van der Waals surface area contributed by atoms with Gasteiger partial charge in [-0.2, -0.15) is 4.73 Å². The summed E-state index contributed by atoms with van der Waals surface area (Å²) in [6.45, 7) is -0.125. The lowest BCUT2D eigenvalue weighted by Crippen LogP contribution is -2.32. The van der Waals surface area contributed by atoms with Crippen molar-refractivity contribution in [1.29, 1.82) is 0 Å². The number of pyridine rings is 1. The van der Waals surface area contributed by atoms with E-state index in [4.69, 9.17) is 4.84 Å². The van der Waals surface area contributed by atoms with Crippen molar-refractivity contribution in [2.24, 2.45) is 0 Å².